The molecular weight excluding hydrogens is 272 g/mol. The number of hydrogen-bond donors (Lipinski definition) is 1. The molecule has 1 aliphatic rings. The first-order valence-electron chi connectivity index (χ1n) is 7.07. The van der Waals surface area contributed by atoms with Crippen molar-refractivity contribution in [1.29, 1.82) is 0 Å². The molecule has 3 rings (SSSR count). The molecule has 21 heavy (non-hydrogen) atoms. The highest BCUT2D eigenvalue weighted by molar-refractivity contribution is 5.39. The van der Waals surface area contributed by atoms with E-state index >= 15 is 0 Å². The monoisotopic (exact) mass is 289 g/mol. The third-order valence-corrected chi connectivity index (χ3v) is 3.78. The normalized spacial score (nSPS) is 15.0. The topological polar surface area (TPSA) is 21.3 Å². The molecule has 0 saturated carbocycles. The van der Waals surface area contributed by atoms with Gasteiger partial charge in [-0.05, 0) is 29.3 Å². The second kappa shape index (κ2) is 5.92. The maximum atomic E-state index is 14.1. The van der Waals surface area contributed by atoms with E-state index < -0.39 is 11.6 Å². The highest BCUT2D eigenvalue weighted by Gasteiger charge is 2.21. The molecular formula is C17H17F2NO. The predicted octanol–water partition coefficient (Wildman–Crippen LogP) is 3.69. The van der Waals surface area contributed by atoms with E-state index in [1.807, 2.05) is 25.1 Å². The van der Waals surface area contributed by atoms with Crippen LogP contribution in [0.3, 0.4) is 0 Å². The van der Waals surface area contributed by atoms with E-state index in [4.69, 9.17) is 4.74 Å². The molecule has 1 atom stereocenters. The minimum absolute atomic E-state index is 0.329. The lowest BCUT2D eigenvalue weighted by Crippen LogP contribution is -2.23. The molecule has 0 bridgehead atoms. The summed E-state index contributed by atoms with van der Waals surface area (Å²) >= 11 is 0. The van der Waals surface area contributed by atoms with Crippen LogP contribution in [0.15, 0.2) is 36.4 Å². The van der Waals surface area contributed by atoms with E-state index in [9.17, 15) is 8.78 Å². The fraction of sp³-hybridized carbons (Fsp3) is 0.294. The SMILES string of the molecule is CCNC(c1ccc2c(c1)COC2)c1cccc(F)c1F. The minimum Gasteiger partial charge on any atom is -0.372 e. The van der Waals surface area contributed by atoms with Gasteiger partial charge in [-0.2, -0.15) is 0 Å². The van der Waals surface area contributed by atoms with E-state index in [0.29, 0.717) is 25.3 Å². The average molecular weight is 289 g/mol. The molecule has 2 aromatic carbocycles. The van der Waals surface area contributed by atoms with Crippen molar-refractivity contribution in [2.45, 2.75) is 26.2 Å². The third-order valence-electron chi connectivity index (χ3n) is 3.78. The van der Waals surface area contributed by atoms with Crippen LogP contribution in [0.1, 0.15) is 35.2 Å². The van der Waals surface area contributed by atoms with Crippen molar-refractivity contribution in [3.05, 3.63) is 70.3 Å². The van der Waals surface area contributed by atoms with Crippen LogP contribution in [0.2, 0.25) is 0 Å². The van der Waals surface area contributed by atoms with Crippen LogP contribution in [-0.4, -0.2) is 6.54 Å². The van der Waals surface area contributed by atoms with Gasteiger partial charge in [0.15, 0.2) is 11.6 Å². The van der Waals surface area contributed by atoms with Crippen molar-refractivity contribution in [3.8, 4) is 0 Å². The van der Waals surface area contributed by atoms with Crippen molar-refractivity contribution >= 4 is 0 Å². The molecule has 1 heterocycles. The van der Waals surface area contributed by atoms with Gasteiger partial charge in [0.1, 0.15) is 0 Å². The maximum Gasteiger partial charge on any atom is 0.163 e. The molecule has 0 amide bonds. The van der Waals surface area contributed by atoms with Gasteiger partial charge in [0.2, 0.25) is 0 Å². The first-order valence-corrected chi connectivity index (χ1v) is 7.07. The highest BCUT2D eigenvalue weighted by Crippen LogP contribution is 2.29. The van der Waals surface area contributed by atoms with Gasteiger partial charge in [-0.1, -0.05) is 37.3 Å². The first kappa shape index (κ1) is 14.2. The second-order valence-electron chi connectivity index (χ2n) is 5.15. The zero-order valence-corrected chi connectivity index (χ0v) is 11.8. The standard InChI is InChI=1S/C17H17F2NO/c1-2-20-17(14-4-3-5-15(18)16(14)19)11-6-7-12-9-21-10-13(12)8-11/h3-8,17,20H,2,9-10H2,1H3. The van der Waals surface area contributed by atoms with Gasteiger partial charge in [0.25, 0.3) is 0 Å². The Morgan fingerprint density at radius 1 is 1.14 bits per heavy atom. The molecule has 0 spiro atoms. The van der Waals surface area contributed by atoms with Crippen LogP contribution in [0.5, 0.6) is 0 Å². The summed E-state index contributed by atoms with van der Waals surface area (Å²) in [5.41, 5.74) is 3.53. The van der Waals surface area contributed by atoms with Crippen LogP contribution in [0.25, 0.3) is 0 Å². The Kier molecular flexibility index (Phi) is 3.99. The minimum atomic E-state index is -0.820. The van der Waals surface area contributed by atoms with Crippen molar-refractivity contribution in [2.24, 2.45) is 0 Å². The Morgan fingerprint density at radius 3 is 2.76 bits per heavy atom. The van der Waals surface area contributed by atoms with Gasteiger partial charge in [-0.3, -0.25) is 0 Å². The van der Waals surface area contributed by atoms with Crippen LogP contribution in [0.4, 0.5) is 8.78 Å². The number of benzene rings is 2. The number of ether oxygens (including phenoxy) is 1. The summed E-state index contributed by atoms with van der Waals surface area (Å²) in [6.07, 6.45) is 0. The van der Waals surface area contributed by atoms with Crippen LogP contribution in [0, 0.1) is 11.6 Å². The van der Waals surface area contributed by atoms with E-state index in [-0.39, 0.29) is 6.04 Å². The molecule has 110 valence electrons. The van der Waals surface area contributed by atoms with Gasteiger partial charge in [0.05, 0.1) is 19.3 Å². The van der Waals surface area contributed by atoms with E-state index in [2.05, 4.69) is 5.32 Å². The number of hydrogen-bond acceptors (Lipinski definition) is 2. The van der Waals surface area contributed by atoms with E-state index in [1.165, 1.54) is 6.07 Å². The summed E-state index contributed by atoms with van der Waals surface area (Å²) in [6.45, 7) is 3.80. The molecule has 4 heteroatoms. The van der Waals surface area contributed by atoms with Crippen LogP contribution < -0.4 is 5.32 Å². The molecule has 1 aliphatic heterocycles. The van der Waals surface area contributed by atoms with Crippen molar-refractivity contribution < 1.29 is 13.5 Å². The summed E-state index contributed by atoms with van der Waals surface area (Å²) in [6, 6.07) is 9.89. The number of rotatable bonds is 4. The molecule has 2 nitrogen and oxygen atoms in total. The zero-order valence-electron chi connectivity index (χ0n) is 11.8. The predicted molar refractivity (Wildman–Crippen MR) is 76.8 cm³/mol. The largest absolute Gasteiger partial charge is 0.372 e. The molecule has 0 aromatic heterocycles. The van der Waals surface area contributed by atoms with Gasteiger partial charge in [-0.25, -0.2) is 8.78 Å². The van der Waals surface area contributed by atoms with Crippen LogP contribution in [-0.2, 0) is 18.0 Å². The van der Waals surface area contributed by atoms with Crippen LogP contribution >= 0.6 is 0 Å². The molecule has 0 radical (unpaired) electrons. The molecule has 2 aromatic rings. The Hall–Kier alpha value is -1.78. The highest BCUT2D eigenvalue weighted by atomic mass is 19.2. The fourth-order valence-electron chi connectivity index (χ4n) is 2.73. The van der Waals surface area contributed by atoms with Gasteiger partial charge in [-0.15, -0.1) is 0 Å². The zero-order chi connectivity index (χ0) is 14.8. The Balaban J connectivity index is 2.03. The van der Waals surface area contributed by atoms with Gasteiger partial charge in [0, 0.05) is 5.56 Å². The van der Waals surface area contributed by atoms with E-state index in [0.717, 1.165) is 22.8 Å². The summed E-state index contributed by atoms with van der Waals surface area (Å²) < 4.78 is 33.0. The van der Waals surface area contributed by atoms with E-state index in [1.54, 1.807) is 6.07 Å². The summed E-state index contributed by atoms with van der Waals surface area (Å²) in [4.78, 5) is 0. The summed E-state index contributed by atoms with van der Waals surface area (Å²) in [5, 5.41) is 3.23. The Morgan fingerprint density at radius 2 is 1.95 bits per heavy atom. The Labute approximate surface area is 122 Å². The molecule has 0 saturated heterocycles. The summed E-state index contributed by atoms with van der Waals surface area (Å²) in [5.74, 6) is -1.61. The Bertz CT molecular complexity index is 657. The molecule has 1 unspecified atom stereocenters. The van der Waals surface area contributed by atoms with Crippen molar-refractivity contribution in [3.63, 3.8) is 0 Å². The quantitative estimate of drug-likeness (QED) is 0.926. The average Bonchev–Trinajstić information content (AvgIpc) is 2.95. The van der Waals surface area contributed by atoms with Crippen molar-refractivity contribution in [2.75, 3.05) is 6.54 Å². The first-order chi connectivity index (χ1) is 10.2. The maximum absolute atomic E-state index is 14.1. The number of fused-ring (bicyclic) bond motifs is 1. The molecule has 1 N–H and O–H groups in total. The van der Waals surface area contributed by atoms with Crippen molar-refractivity contribution in [1.82, 2.24) is 5.32 Å². The fourth-order valence-corrected chi connectivity index (χ4v) is 2.73. The lowest BCUT2D eigenvalue weighted by Gasteiger charge is -2.20. The van der Waals surface area contributed by atoms with Gasteiger partial charge >= 0.3 is 0 Å². The third kappa shape index (κ3) is 2.69. The molecule has 0 fully saturated rings. The number of nitrogens with one attached hydrogen (secondary N) is 1. The second-order valence-corrected chi connectivity index (χ2v) is 5.15. The number of halogens is 2. The molecule has 0 aliphatic carbocycles. The van der Waals surface area contributed by atoms with Gasteiger partial charge < -0.3 is 10.1 Å². The summed E-state index contributed by atoms with van der Waals surface area (Å²) in [7, 11) is 0. The smallest absolute Gasteiger partial charge is 0.163 e. The lowest BCUT2D eigenvalue weighted by atomic mass is 9.95. The lowest BCUT2D eigenvalue weighted by molar-refractivity contribution is 0.134.